The maximum Gasteiger partial charge on any atom is 0.175 e. The van der Waals surface area contributed by atoms with Crippen LogP contribution >= 0.6 is 0 Å². The van der Waals surface area contributed by atoms with Crippen LogP contribution in [-0.4, -0.2) is 12.3 Å². The van der Waals surface area contributed by atoms with Crippen LogP contribution in [0.2, 0.25) is 0 Å². The van der Waals surface area contributed by atoms with E-state index in [-0.39, 0.29) is 0 Å². The number of hydrogen-bond acceptors (Lipinski definition) is 4. The van der Waals surface area contributed by atoms with Crippen LogP contribution in [-0.2, 0) is 0 Å². The molecular formula is C15H20N2O2. The zero-order valence-electron chi connectivity index (χ0n) is 11.6. The Bertz CT molecular complexity index is 545. The molecule has 0 aliphatic heterocycles. The Kier molecular flexibility index (Phi) is 4.10. The van der Waals surface area contributed by atoms with Gasteiger partial charge in [0.25, 0.3) is 0 Å². The van der Waals surface area contributed by atoms with Crippen molar-refractivity contribution in [2.45, 2.75) is 32.6 Å². The van der Waals surface area contributed by atoms with Crippen LogP contribution in [0.5, 0.6) is 5.75 Å². The lowest BCUT2D eigenvalue weighted by Gasteiger charge is -2.11. The standard InChI is InChI=1S/C15H20N2O2/c1-4-10(5-2)14-13(15(16)17-19-14)11-7-6-8-12(9-11)18-3/h6-10H,4-5H2,1-3H3,(H2,16,17). The summed E-state index contributed by atoms with van der Waals surface area (Å²) in [7, 11) is 1.65. The topological polar surface area (TPSA) is 61.3 Å². The van der Waals surface area contributed by atoms with Crippen molar-refractivity contribution >= 4 is 5.82 Å². The number of nitrogens with two attached hydrogens (primary N) is 1. The molecular weight excluding hydrogens is 240 g/mol. The van der Waals surface area contributed by atoms with Crippen molar-refractivity contribution in [2.75, 3.05) is 12.8 Å². The maximum absolute atomic E-state index is 5.97. The Hall–Kier alpha value is -1.97. The second-order valence-corrected chi connectivity index (χ2v) is 4.55. The summed E-state index contributed by atoms with van der Waals surface area (Å²) in [6.07, 6.45) is 2.00. The van der Waals surface area contributed by atoms with E-state index < -0.39 is 0 Å². The summed E-state index contributed by atoms with van der Waals surface area (Å²) in [5.41, 5.74) is 7.85. The lowest BCUT2D eigenvalue weighted by Crippen LogP contribution is -1.97. The Labute approximate surface area is 113 Å². The van der Waals surface area contributed by atoms with Gasteiger partial charge in [0.1, 0.15) is 11.5 Å². The molecule has 0 spiro atoms. The third-order valence-electron chi connectivity index (χ3n) is 3.46. The smallest absolute Gasteiger partial charge is 0.175 e. The molecule has 0 unspecified atom stereocenters. The van der Waals surface area contributed by atoms with Crippen molar-refractivity contribution in [2.24, 2.45) is 0 Å². The van der Waals surface area contributed by atoms with Crippen LogP contribution in [0.3, 0.4) is 0 Å². The van der Waals surface area contributed by atoms with Gasteiger partial charge >= 0.3 is 0 Å². The number of nitrogen functional groups attached to an aromatic ring is 1. The number of aromatic nitrogens is 1. The molecule has 2 N–H and O–H groups in total. The second kappa shape index (κ2) is 5.78. The van der Waals surface area contributed by atoms with Gasteiger partial charge in [0.2, 0.25) is 0 Å². The van der Waals surface area contributed by atoms with Crippen LogP contribution in [0.25, 0.3) is 11.1 Å². The molecule has 0 radical (unpaired) electrons. The monoisotopic (exact) mass is 260 g/mol. The molecule has 4 nitrogen and oxygen atoms in total. The quantitative estimate of drug-likeness (QED) is 0.887. The van der Waals surface area contributed by atoms with Crippen molar-refractivity contribution in [3.63, 3.8) is 0 Å². The highest BCUT2D eigenvalue weighted by molar-refractivity contribution is 5.76. The van der Waals surface area contributed by atoms with Crippen molar-refractivity contribution in [1.29, 1.82) is 0 Å². The number of methoxy groups -OCH3 is 1. The van der Waals surface area contributed by atoms with E-state index in [1.807, 2.05) is 24.3 Å². The number of hydrogen-bond donors (Lipinski definition) is 1. The third-order valence-corrected chi connectivity index (χ3v) is 3.46. The lowest BCUT2D eigenvalue weighted by atomic mass is 9.94. The molecule has 2 rings (SSSR count). The van der Waals surface area contributed by atoms with Gasteiger partial charge in [-0.1, -0.05) is 31.1 Å². The zero-order chi connectivity index (χ0) is 13.8. The first kappa shape index (κ1) is 13.5. The molecule has 0 fully saturated rings. The predicted octanol–water partition coefficient (Wildman–Crippen LogP) is 3.84. The van der Waals surface area contributed by atoms with Gasteiger partial charge in [0.05, 0.1) is 12.7 Å². The van der Waals surface area contributed by atoms with Gasteiger partial charge < -0.3 is 15.0 Å². The van der Waals surface area contributed by atoms with Crippen LogP contribution in [0.1, 0.15) is 38.4 Å². The van der Waals surface area contributed by atoms with Gasteiger partial charge in [0.15, 0.2) is 5.82 Å². The van der Waals surface area contributed by atoms with Crippen molar-refractivity contribution in [3.8, 4) is 16.9 Å². The predicted molar refractivity (Wildman–Crippen MR) is 76.2 cm³/mol. The Morgan fingerprint density at radius 3 is 2.68 bits per heavy atom. The summed E-state index contributed by atoms with van der Waals surface area (Å²) in [5, 5.41) is 3.93. The summed E-state index contributed by atoms with van der Waals surface area (Å²) >= 11 is 0. The maximum atomic E-state index is 5.97. The van der Waals surface area contributed by atoms with Crippen molar-refractivity contribution in [1.82, 2.24) is 5.16 Å². The molecule has 0 saturated carbocycles. The van der Waals surface area contributed by atoms with Gasteiger partial charge in [0, 0.05) is 5.92 Å². The van der Waals surface area contributed by atoms with E-state index in [1.165, 1.54) is 0 Å². The molecule has 1 aromatic carbocycles. The van der Waals surface area contributed by atoms with Crippen LogP contribution in [0.15, 0.2) is 28.8 Å². The molecule has 4 heteroatoms. The highest BCUT2D eigenvalue weighted by Crippen LogP contribution is 2.37. The summed E-state index contributed by atoms with van der Waals surface area (Å²) in [5.74, 6) is 2.45. The molecule has 0 aliphatic carbocycles. The fourth-order valence-electron chi connectivity index (χ4n) is 2.32. The summed E-state index contributed by atoms with van der Waals surface area (Å²) < 4.78 is 10.7. The van der Waals surface area contributed by atoms with Crippen molar-refractivity contribution in [3.05, 3.63) is 30.0 Å². The molecule has 0 saturated heterocycles. The van der Waals surface area contributed by atoms with Crippen molar-refractivity contribution < 1.29 is 9.26 Å². The molecule has 19 heavy (non-hydrogen) atoms. The average Bonchev–Trinajstić information content (AvgIpc) is 2.82. The van der Waals surface area contributed by atoms with E-state index in [0.29, 0.717) is 11.7 Å². The average molecular weight is 260 g/mol. The van der Waals surface area contributed by atoms with Crippen LogP contribution in [0, 0.1) is 0 Å². The van der Waals surface area contributed by atoms with Crippen LogP contribution in [0.4, 0.5) is 5.82 Å². The Balaban J connectivity index is 2.51. The van der Waals surface area contributed by atoms with Crippen LogP contribution < -0.4 is 10.5 Å². The second-order valence-electron chi connectivity index (χ2n) is 4.55. The first-order valence-corrected chi connectivity index (χ1v) is 6.60. The highest BCUT2D eigenvalue weighted by Gasteiger charge is 2.22. The van der Waals surface area contributed by atoms with E-state index >= 15 is 0 Å². The first-order chi connectivity index (χ1) is 9.21. The van der Waals surface area contributed by atoms with Gasteiger partial charge in [-0.2, -0.15) is 0 Å². The minimum absolute atomic E-state index is 0.339. The number of ether oxygens (including phenoxy) is 1. The number of rotatable bonds is 5. The summed E-state index contributed by atoms with van der Waals surface area (Å²) in [6.45, 7) is 4.28. The molecule has 0 amide bonds. The van der Waals surface area contributed by atoms with E-state index in [2.05, 4.69) is 19.0 Å². The van der Waals surface area contributed by atoms with E-state index in [4.69, 9.17) is 15.0 Å². The molecule has 102 valence electrons. The first-order valence-electron chi connectivity index (χ1n) is 6.60. The van der Waals surface area contributed by atoms with Gasteiger partial charge in [-0.15, -0.1) is 0 Å². The minimum atomic E-state index is 0.339. The molecule has 0 bridgehead atoms. The number of anilines is 1. The number of nitrogens with zero attached hydrogens (tertiary/aromatic N) is 1. The molecule has 0 aliphatic rings. The van der Waals surface area contributed by atoms with Gasteiger partial charge in [-0.25, -0.2) is 0 Å². The fourth-order valence-corrected chi connectivity index (χ4v) is 2.32. The third kappa shape index (κ3) is 2.57. The molecule has 0 atom stereocenters. The number of benzene rings is 1. The van der Waals surface area contributed by atoms with Gasteiger partial charge in [-0.05, 0) is 30.5 Å². The zero-order valence-corrected chi connectivity index (χ0v) is 11.6. The summed E-state index contributed by atoms with van der Waals surface area (Å²) in [6, 6.07) is 7.80. The SMILES string of the molecule is CCC(CC)c1onc(N)c1-c1cccc(OC)c1. The lowest BCUT2D eigenvalue weighted by molar-refractivity contribution is 0.356. The molecule has 2 aromatic rings. The summed E-state index contributed by atoms with van der Waals surface area (Å²) in [4.78, 5) is 0. The van der Waals surface area contributed by atoms with E-state index in [0.717, 1.165) is 35.5 Å². The minimum Gasteiger partial charge on any atom is -0.497 e. The normalized spacial score (nSPS) is 10.9. The Morgan fingerprint density at radius 1 is 1.32 bits per heavy atom. The fraction of sp³-hybridized carbons (Fsp3) is 0.400. The molecule has 1 heterocycles. The van der Waals surface area contributed by atoms with E-state index in [9.17, 15) is 0 Å². The van der Waals surface area contributed by atoms with E-state index in [1.54, 1.807) is 7.11 Å². The highest BCUT2D eigenvalue weighted by atomic mass is 16.5. The molecule has 1 aromatic heterocycles. The van der Waals surface area contributed by atoms with Gasteiger partial charge in [-0.3, -0.25) is 0 Å². The Morgan fingerprint density at radius 2 is 2.05 bits per heavy atom. The largest absolute Gasteiger partial charge is 0.497 e.